The zero-order valence-electron chi connectivity index (χ0n) is 9.32. The average Bonchev–Trinajstić information content (AvgIpc) is 2.28. The number of hydrogen-bond donors (Lipinski definition) is 3. The average molecular weight is 350 g/mol. The third-order valence-corrected chi connectivity index (χ3v) is 3.30. The molecule has 1 aromatic rings. The maximum absolute atomic E-state index is 11.0. The van der Waals surface area contributed by atoms with Crippen LogP contribution in [-0.4, -0.2) is 25.7 Å². The molecule has 0 fully saturated rings. The molecular formula is C12H15IO4. The second-order valence-electron chi connectivity index (χ2n) is 3.77. The van der Waals surface area contributed by atoms with Crippen LogP contribution in [0.1, 0.15) is 35.2 Å². The van der Waals surface area contributed by atoms with Gasteiger partial charge < -0.3 is 15.3 Å². The number of benzene rings is 1. The van der Waals surface area contributed by atoms with E-state index < -0.39 is 17.5 Å². The molecule has 0 spiro atoms. The number of rotatable bonds is 6. The third kappa shape index (κ3) is 3.76. The molecule has 3 N–H and O–H groups in total. The van der Waals surface area contributed by atoms with E-state index in [0.717, 1.165) is 23.7 Å². The largest absolute Gasteiger partial charge is 0.504 e. The highest BCUT2D eigenvalue weighted by molar-refractivity contribution is 14.1. The number of alkyl halides is 1. The first-order chi connectivity index (χ1) is 8.07. The zero-order valence-corrected chi connectivity index (χ0v) is 11.5. The molecule has 0 aliphatic carbocycles. The van der Waals surface area contributed by atoms with Crippen LogP contribution in [0.2, 0.25) is 0 Å². The number of carbonyl (C=O) groups is 1. The van der Waals surface area contributed by atoms with E-state index in [9.17, 15) is 15.0 Å². The number of phenolic OH excluding ortho intramolecular Hbond substituents is 1. The lowest BCUT2D eigenvalue weighted by Gasteiger charge is -2.09. The van der Waals surface area contributed by atoms with Crippen LogP contribution in [0.3, 0.4) is 0 Å². The van der Waals surface area contributed by atoms with Crippen molar-refractivity contribution in [2.45, 2.75) is 25.7 Å². The molecule has 0 heterocycles. The maximum Gasteiger partial charge on any atom is 0.339 e. The number of aryl methyl sites for hydroxylation is 1. The summed E-state index contributed by atoms with van der Waals surface area (Å²) < 4.78 is 1.09. The number of halogens is 1. The first-order valence-electron chi connectivity index (χ1n) is 5.41. The van der Waals surface area contributed by atoms with Crippen molar-refractivity contribution in [1.29, 1.82) is 0 Å². The Hall–Kier alpha value is -0.980. The Morgan fingerprint density at radius 1 is 1.18 bits per heavy atom. The van der Waals surface area contributed by atoms with Crippen molar-refractivity contribution in [3.05, 3.63) is 23.3 Å². The van der Waals surface area contributed by atoms with Crippen molar-refractivity contribution in [2.24, 2.45) is 0 Å². The molecule has 4 nitrogen and oxygen atoms in total. The monoisotopic (exact) mass is 350 g/mol. The molecule has 0 aliphatic heterocycles. The molecule has 0 saturated carbocycles. The van der Waals surface area contributed by atoms with E-state index in [0.29, 0.717) is 12.0 Å². The van der Waals surface area contributed by atoms with Gasteiger partial charge in [-0.2, -0.15) is 0 Å². The number of aromatic hydroxyl groups is 2. The van der Waals surface area contributed by atoms with Crippen LogP contribution in [0.15, 0.2) is 12.1 Å². The quantitative estimate of drug-likeness (QED) is 0.319. The molecule has 0 radical (unpaired) electrons. The van der Waals surface area contributed by atoms with Crippen molar-refractivity contribution < 1.29 is 20.1 Å². The fourth-order valence-corrected chi connectivity index (χ4v) is 2.20. The Balaban J connectivity index is 2.84. The fourth-order valence-electron chi connectivity index (χ4n) is 1.66. The lowest BCUT2D eigenvalue weighted by molar-refractivity contribution is 0.0691. The van der Waals surface area contributed by atoms with E-state index in [2.05, 4.69) is 22.6 Å². The van der Waals surface area contributed by atoms with Crippen molar-refractivity contribution in [1.82, 2.24) is 0 Å². The Morgan fingerprint density at radius 3 is 2.47 bits per heavy atom. The highest BCUT2D eigenvalue weighted by atomic mass is 127. The fraction of sp³-hybridized carbons (Fsp3) is 0.417. The summed E-state index contributed by atoms with van der Waals surface area (Å²) in [5.74, 6) is -2.13. The van der Waals surface area contributed by atoms with Gasteiger partial charge in [-0.05, 0) is 35.3 Å². The van der Waals surface area contributed by atoms with Crippen LogP contribution in [-0.2, 0) is 6.42 Å². The molecule has 0 atom stereocenters. The normalized spacial score (nSPS) is 10.4. The van der Waals surface area contributed by atoms with Gasteiger partial charge in [0.15, 0.2) is 11.5 Å². The SMILES string of the molecule is O=C(O)c1c(CCCCCI)ccc(O)c1O. The minimum Gasteiger partial charge on any atom is -0.504 e. The lowest BCUT2D eigenvalue weighted by Crippen LogP contribution is -2.03. The van der Waals surface area contributed by atoms with Crippen molar-refractivity contribution in [2.75, 3.05) is 4.43 Å². The Labute approximate surface area is 113 Å². The second-order valence-corrected chi connectivity index (χ2v) is 4.85. The van der Waals surface area contributed by atoms with E-state index >= 15 is 0 Å². The number of hydrogen-bond acceptors (Lipinski definition) is 3. The van der Waals surface area contributed by atoms with Gasteiger partial charge in [-0.1, -0.05) is 35.1 Å². The molecule has 1 aromatic carbocycles. The van der Waals surface area contributed by atoms with Crippen LogP contribution in [0.4, 0.5) is 0 Å². The van der Waals surface area contributed by atoms with Gasteiger partial charge in [0.05, 0.1) is 0 Å². The van der Waals surface area contributed by atoms with Gasteiger partial charge in [0, 0.05) is 0 Å². The molecule has 0 aliphatic rings. The molecule has 0 saturated heterocycles. The highest BCUT2D eigenvalue weighted by Gasteiger charge is 2.18. The maximum atomic E-state index is 11.0. The predicted octanol–water partition coefficient (Wildman–Crippen LogP) is 2.94. The van der Waals surface area contributed by atoms with E-state index in [1.165, 1.54) is 6.07 Å². The number of carboxylic acid groups (broad SMARTS) is 1. The van der Waals surface area contributed by atoms with Crippen LogP contribution >= 0.6 is 22.6 Å². The molecule has 17 heavy (non-hydrogen) atoms. The molecule has 0 aromatic heterocycles. The summed E-state index contributed by atoms with van der Waals surface area (Å²) in [6.07, 6.45) is 3.62. The molecular weight excluding hydrogens is 335 g/mol. The summed E-state index contributed by atoms with van der Waals surface area (Å²) in [7, 11) is 0. The van der Waals surface area contributed by atoms with Crippen molar-refractivity contribution >= 4 is 28.6 Å². The van der Waals surface area contributed by atoms with Crippen molar-refractivity contribution in [3.8, 4) is 11.5 Å². The molecule has 1 rings (SSSR count). The smallest absolute Gasteiger partial charge is 0.339 e. The summed E-state index contributed by atoms with van der Waals surface area (Å²) in [4.78, 5) is 11.0. The lowest BCUT2D eigenvalue weighted by atomic mass is 10.00. The zero-order chi connectivity index (χ0) is 12.8. The minimum atomic E-state index is -1.21. The van der Waals surface area contributed by atoms with Crippen molar-refractivity contribution in [3.63, 3.8) is 0 Å². The number of aromatic carboxylic acids is 1. The van der Waals surface area contributed by atoms with E-state index in [1.807, 2.05) is 0 Å². The molecule has 5 heteroatoms. The van der Waals surface area contributed by atoms with Gasteiger partial charge in [-0.15, -0.1) is 0 Å². The number of phenols is 2. The molecule has 0 amide bonds. The van der Waals surface area contributed by atoms with Crippen LogP contribution in [0.5, 0.6) is 11.5 Å². The van der Waals surface area contributed by atoms with Gasteiger partial charge in [0.2, 0.25) is 0 Å². The van der Waals surface area contributed by atoms with Crippen LogP contribution in [0, 0.1) is 0 Å². The first-order valence-corrected chi connectivity index (χ1v) is 6.93. The summed E-state index contributed by atoms with van der Waals surface area (Å²) in [5, 5.41) is 27.8. The third-order valence-electron chi connectivity index (χ3n) is 2.54. The molecule has 0 bridgehead atoms. The summed E-state index contributed by atoms with van der Waals surface area (Å²) in [6, 6.07) is 2.89. The minimum absolute atomic E-state index is 0.181. The van der Waals surface area contributed by atoms with E-state index in [-0.39, 0.29) is 5.56 Å². The summed E-state index contributed by atoms with van der Waals surface area (Å²) in [5.41, 5.74) is 0.390. The van der Waals surface area contributed by atoms with Gasteiger partial charge in [-0.3, -0.25) is 0 Å². The van der Waals surface area contributed by atoms with E-state index in [4.69, 9.17) is 5.11 Å². The Kier molecular flexibility index (Phi) is 5.54. The standard InChI is InChI=1S/C12H15IO4/c13-7-3-1-2-4-8-5-6-9(14)11(15)10(8)12(16)17/h5-6,14-15H,1-4,7H2,(H,16,17). The Bertz CT molecular complexity index is 404. The van der Waals surface area contributed by atoms with E-state index in [1.54, 1.807) is 6.07 Å². The van der Waals surface area contributed by atoms with Crippen LogP contribution in [0.25, 0.3) is 0 Å². The summed E-state index contributed by atoms with van der Waals surface area (Å²) >= 11 is 2.30. The van der Waals surface area contributed by atoms with Gasteiger partial charge in [-0.25, -0.2) is 4.79 Å². The molecule has 94 valence electrons. The van der Waals surface area contributed by atoms with Crippen LogP contribution < -0.4 is 0 Å². The Morgan fingerprint density at radius 2 is 1.88 bits per heavy atom. The molecule has 0 unspecified atom stereocenters. The number of carboxylic acids is 1. The number of unbranched alkanes of at least 4 members (excludes halogenated alkanes) is 2. The van der Waals surface area contributed by atoms with Gasteiger partial charge in [0.25, 0.3) is 0 Å². The van der Waals surface area contributed by atoms with Gasteiger partial charge >= 0.3 is 5.97 Å². The topological polar surface area (TPSA) is 77.8 Å². The highest BCUT2D eigenvalue weighted by Crippen LogP contribution is 2.32. The van der Waals surface area contributed by atoms with Gasteiger partial charge in [0.1, 0.15) is 5.56 Å². The predicted molar refractivity (Wildman–Crippen MR) is 73.2 cm³/mol. The first kappa shape index (κ1) is 14.1. The summed E-state index contributed by atoms with van der Waals surface area (Å²) in [6.45, 7) is 0. The second kappa shape index (κ2) is 6.68.